The van der Waals surface area contributed by atoms with E-state index in [0.717, 1.165) is 5.56 Å². The van der Waals surface area contributed by atoms with E-state index in [1.807, 2.05) is 55.1 Å². The van der Waals surface area contributed by atoms with Crippen LogP contribution in [0.15, 0.2) is 66.2 Å². The molecule has 5 nitrogen and oxygen atoms in total. The number of hydrogen-bond donors (Lipinski definition) is 1. The first-order valence-corrected chi connectivity index (χ1v) is 7.51. The number of nitriles is 1. The van der Waals surface area contributed by atoms with Crippen LogP contribution in [0.3, 0.4) is 0 Å². The van der Waals surface area contributed by atoms with Crippen molar-refractivity contribution < 1.29 is 0 Å². The molecule has 1 fully saturated rings. The zero-order valence-electron chi connectivity index (χ0n) is 12.4. The lowest BCUT2D eigenvalue weighted by molar-refractivity contribution is 0.302. The van der Waals surface area contributed by atoms with Crippen LogP contribution in [-0.4, -0.2) is 22.2 Å². The first kappa shape index (κ1) is 13.7. The molecule has 0 aliphatic carbocycles. The molecule has 2 aromatic rings. The minimum Gasteiger partial charge on any atom is -0.304 e. The molecule has 0 amide bonds. The van der Waals surface area contributed by atoms with Crippen molar-refractivity contribution in [3.05, 3.63) is 77.9 Å². The van der Waals surface area contributed by atoms with Gasteiger partial charge in [-0.05, 0) is 35.4 Å². The van der Waals surface area contributed by atoms with E-state index >= 15 is 0 Å². The number of aliphatic imine (C=N–C) groups is 1. The van der Waals surface area contributed by atoms with Gasteiger partial charge < -0.3 is 5.01 Å². The summed E-state index contributed by atoms with van der Waals surface area (Å²) in [5.74, 6) is 0.195. The van der Waals surface area contributed by atoms with E-state index in [1.54, 1.807) is 6.20 Å². The highest BCUT2D eigenvalue weighted by atomic mass is 15.6. The van der Waals surface area contributed by atoms with E-state index in [2.05, 4.69) is 32.5 Å². The molecule has 1 N–H and O–H groups in total. The second-order valence-corrected chi connectivity index (χ2v) is 5.64. The quantitative estimate of drug-likeness (QED) is 0.925. The first-order chi connectivity index (χ1) is 11.4. The molecule has 5 heteroatoms. The number of fused-ring (bicyclic) bond motifs is 1. The molecule has 2 aliphatic heterocycles. The minimum atomic E-state index is 0.0740. The topological polar surface area (TPSA) is 64.3 Å². The largest absolute Gasteiger partial charge is 0.304 e. The van der Waals surface area contributed by atoms with Gasteiger partial charge in [0.05, 0.1) is 23.7 Å². The lowest BCUT2D eigenvalue weighted by Crippen LogP contribution is -2.35. The maximum atomic E-state index is 9.17. The predicted molar refractivity (Wildman–Crippen MR) is 87.3 cm³/mol. The van der Waals surface area contributed by atoms with Gasteiger partial charge >= 0.3 is 0 Å². The highest BCUT2D eigenvalue weighted by molar-refractivity contribution is 5.69. The maximum Gasteiger partial charge on any atom is 0.0991 e. The van der Waals surface area contributed by atoms with Gasteiger partial charge in [-0.3, -0.25) is 9.98 Å². The fourth-order valence-electron chi connectivity index (χ4n) is 3.31. The Hall–Kier alpha value is -2.97. The molecule has 3 unspecified atom stereocenters. The fraction of sp³-hybridized carbons (Fsp3) is 0.167. The summed E-state index contributed by atoms with van der Waals surface area (Å²) < 4.78 is 0. The number of aromatic nitrogens is 1. The van der Waals surface area contributed by atoms with Crippen molar-refractivity contribution in [2.75, 3.05) is 0 Å². The van der Waals surface area contributed by atoms with Crippen molar-refractivity contribution in [3.8, 4) is 6.07 Å². The molecule has 1 saturated heterocycles. The highest BCUT2D eigenvalue weighted by Crippen LogP contribution is 2.41. The lowest BCUT2D eigenvalue weighted by Gasteiger charge is -2.24. The Bertz CT molecular complexity index is 806. The van der Waals surface area contributed by atoms with E-state index < -0.39 is 0 Å². The molecule has 3 atom stereocenters. The van der Waals surface area contributed by atoms with Crippen molar-refractivity contribution in [2.24, 2.45) is 4.99 Å². The maximum absolute atomic E-state index is 9.17. The van der Waals surface area contributed by atoms with Crippen LogP contribution in [0.5, 0.6) is 0 Å². The summed E-state index contributed by atoms with van der Waals surface area (Å²) in [6.45, 7) is 0. The Morgan fingerprint density at radius 3 is 2.83 bits per heavy atom. The standard InChI is InChI=1S/C18H15N5/c19-11-13-2-1-3-15(10-13)18-17(14-4-6-20-7-5-14)16-12-21-8-9-23(16)22-18/h1-10,12,16-18,22H. The van der Waals surface area contributed by atoms with Gasteiger partial charge in [0.2, 0.25) is 0 Å². The molecule has 0 bridgehead atoms. The molecule has 1 aromatic carbocycles. The molecular weight excluding hydrogens is 286 g/mol. The normalized spacial score (nSPS) is 25.2. The summed E-state index contributed by atoms with van der Waals surface area (Å²) in [4.78, 5) is 8.42. The van der Waals surface area contributed by atoms with Crippen LogP contribution in [0.2, 0.25) is 0 Å². The van der Waals surface area contributed by atoms with E-state index in [1.165, 1.54) is 5.56 Å². The van der Waals surface area contributed by atoms with Gasteiger partial charge in [0.1, 0.15) is 0 Å². The van der Waals surface area contributed by atoms with Gasteiger partial charge in [-0.15, -0.1) is 0 Å². The van der Waals surface area contributed by atoms with Crippen molar-refractivity contribution in [1.82, 2.24) is 15.4 Å². The van der Waals surface area contributed by atoms with Crippen LogP contribution in [-0.2, 0) is 0 Å². The Kier molecular flexibility index (Phi) is 3.37. The smallest absolute Gasteiger partial charge is 0.0991 e. The summed E-state index contributed by atoms with van der Waals surface area (Å²) in [6.07, 6.45) is 9.33. The predicted octanol–water partition coefficient (Wildman–Crippen LogP) is 2.52. The van der Waals surface area contributed by atoms with Crippen molar-refractivity contribution in [1.29, 1.82) is 5.26 Å². The number of pyridine rings is 1. The lowest BCUT2D eigenvalue weighted by atomic mass is 9.84. The third kappa shape index (κ3) is 2.39. The Balaban J connectivity index is 1.79. The molecule has 3 heterocycles. The number of nitrogens with one attached hydrogen (secondary N) is 1. The minimum absolute atomic E-state index is 0.0740. The number of rotatable bonds is 2. The van der Waals surface area contributed by atoms with E-state index in [9.17, 15) is 5.26 Å². The third-order valence-corrected chi connectivity index (χ3v) is 4.35. The van der Waals surface area contributed by atoms with Crippen LogP contribution < -0.4 is 5.43 Å². The number of hydrazine groups is 1. The number of benzene rings is 1. The van der Waals surface area contributed by atoms with Crippen LogP contribution in [0.25, 0.3) is 0 Å². The number of nitrogens with zero attached hydrogens (tertiary/aromatic N) is 4. The van der Waals surface area contributed by atoms with Crippen LogP contribution in [0.1, 0.15) is 28.7 Å². The van der Waals surface area contributed by atoms with Crippen LogP contribution in [0.4, 0.5) is 0 Å². The Morgan fingerprint density at radius 1 is 1.13 bits per heavy atom. The zero-order chi connectivity index (χ0) is 15.6. The van der Waals surface area contributed by atoms with Crippen molar-refractivity contribution in [2.45, 2.75) is 18.0 Å². The van der Waals surface area contributed by atoms with Crippen molar-refractivity contribution >= 4 is 6.21 Å². The Labute approximate surface area is 134 Å². The van der Waals surface area contributed by atoms with Crippen molar-refractivity contribution in [3.63, 3.8) is 0 Å². The van der Waals surface area contributed by atoms with Gasteiger partial charge in [-0.1, -0.05) is 12.1 Å². The molecule has 2 aliphatic rings. The second-order valence-electron chi connectivity index (χ2n) is 5.64. The summed E-state index contributed by atoms with van der Waals surface area (Å²) >= 11 is 0. The molecule has 0 saturated carbocycles. The van der Waals surface area contributed by atoms with Gasteiger partial charge in [0, 0.05) is 36.9 Å². The van der Waals surface area contributed by atoms with Crippen LogP contribution >= 0.6 is 0 Å². The van der Waals surface area contributed by atoms with E-state index in [4.69, 9.17) is 0 Å². The molecular formula is C18H15N5. The molecule has 112 valence electrons. The molecule has 4 rings (SSSR count). The SMILES string of the molecule is N#Cc1cccc(C2NN3C=CN=CC3C2c2ccncc2)c1. The molecule has 23 heavy (non-hydrogen) atoms. The third-order valence-electron chi connectivity index (χ3n) is 4.35. The first-order valence-electron chi connectivity index (χ1n) is 7.51. The zero-order valence-corrected chi connectivity index (χ0v) is 12.4. The van der Waals surface area contributed by atoms with Crippen LogP contribution in [0, 0.1) is 11.3 Å². The van der Waals surface area contributed by atoms with E-state index in [0.29, 0.717) is 5.56 Å². The summed E-state index contributed by atoms with van der Waals surface area (Å²) in [7, 11) is 0. The highest BCUT2D eigenvalue weighted by Gasteiger charge is 2.42. The number of hydrogen-bond acceptors (Lipinski definition) is 5. The average Bonchev–Trinajstić information content (AvgIpc) is 3.02. The molecule has 0 radical (unpaired) electrons. The summed E-state index contributed by atoms with van der Waals surface area (Å²) in [5, 5.41) is 11.3. The molecule has 1 aromatic heterocycles. The van der Waals surface area contributed by atoms with Gasteiger partial charge in [-0.25, -0.2) is 5.43 Å². The molecule has 0 spiro atoms. The monoisotopic (exact) mass is 301 g/mol. The van der Waals surface area contributed by atoms with Gasteiger partial charge in [-0.2, -0.15) is 5.26 Å². The van der Waals surface area contributed by atoms with Gasteiger partial charge in [0.25, 0.3) is 0 Å². The second kappa shape index (κ2) is 5.67. The van der Waals surface area contributed by atoms with Gasteiger partial charge in [0.15, 0.2) is 0 Å². The van der Waals surface area contributed by atoms with E-state index in [-0.39, 0.29) is 18.0 Å². The Morgan fingerprint density at radius 2 is 2.00 bits per heavy atom. The fourth-order valence-corrected chi connectivity index (χ4v) is 3.31. The average molecular weight is 301 g/mol. The summed E-state index contributed by atoms with van der Waals surface area (Å²) in [6, 6.07) is 14.3. The summed E-state index contributed by atoms with van der Waals surface area (Å²) in [5.41, 5.74) is 6.51.